The largest absolute Gasteiger partial charge is 0.416 e. The van der Waals surface area contributed by atoms with Gasteiger partial charge in [-0.25, -0.2) is 13.1 Å². The van der Waals surface area contributed by atoms with Crippen LogP contribution in [0.3, 0.4) is 0 Å². The zero-order chi connectivity index (χ0) is 15.5. The molecule has 1 fully saturated rings. The van der Waals surface area contributed by atoms with Crippen LogP contribution in [0.25, 0.3) is 0 Å². The number of piperidine rings is 1. The average Bonchev–Trinajstić information content (AvgIpc) is 2.45. The molecule has 0 unspecified atom stereocenters. The van der Waals surface area contributed by atoms with Crippen LogP contribution in [0.4, 0.5) is 13.2 Å². The predicted octanol–water partition coefficient (Wildman–Crippen LogP) is 1.88. The fraction of sp³-hybridized carbons (Fsp3) is 0.538. The molecule has 8 heteroatoms. The highest BCUT2D eigenvalue weighted by atomic mass is 32.2. The van der Waals surface area contributed by atoms with Crippen LogP contribution in [-0.4, -0.2) is 26.8 Å². The minimum absolute atomic E-state index is 0.0671. The van der Waals surface area contributed by atoms with Crippen LogP contribution >= 0.6 is 0 Å². The van der Waals surface area contributed by atoms with Crippen molar-refractivity contribution in [2.75, 3.05) is 13.1 Å². The second-order valence-electron chi connectivity index (χ2n) is 4.97. The SMILES string of the molecule is O=S(=O)(NCc1ccccc1C(F)(F)F)C1CCNCC1. The molecule has 0 atom stereocenters. The smallest absolute Gasteiger partial charge is 0.317 e. The summed E-state index contributed by atoms with van der Waals surface area (Å²) < 4.78 is 65.0. The Morgan fingerprint density at radius 2 is 1.81 bits per heavy atom. The first kappa shape index (κ1) is 16.3. The molecular weight excluding hydrogens is 305 g/mol. The fourth-order valence-corrected chi connectivity index (χ4v) is 3.80. The predicted molar refractivity (Wildman–Crippen MR) is 73.1 cm³/mol. The number of alkyl halides is 3. The first-order valence-electron chi connectivity index (χ1n) is 6.65. The Balaban J connectivity index is 2.09. The normalized spacial score (nSPS) is 17.9. The van der Waals surface area contributed by atoms with Crippen LogP contribution in [0.15, 0.2) is 24.3 Å². The van der Waals surface area contributed by atoms with E-state index in [0.29, 0.717) is 25.9 Å². The molecule has 2 rings (SSSR count). The number of rotatable bonds is 4. The van der Waals surface area contributed by atoms with Crippen LogP contribution in [0.5, 0.6) is 0 Å². The maximum absolute atomic E-state index is 12.8. The minimum Gasteiger partial charge on any atom is -0.317 e. The van der Waals surface area contributed by atoms with E-state index in [1.165, 1.54) is 18.2 Å². The van der Waals surface area contributed by atoms with E-state index in [1.807, 2.05) is 0 Å². The highest BCUT2D eigenvalue weighted by Gasteiger charge is 2.33. The topological polar surface area (TPSA) is 58.2 Å². The van der Waals surface area contributed by atoms with Gasteiger partial charge in [-0.2, -0.15) is 13.2 Å². The van der Waals surface area contributed by atoms with Gasteiger partial charge in [0.2, 0.25) is 10.0 Å². The lowest BCUT2D eigenvalue weighted by Crippen LogP contribution is -2.41. The summed E-state index contributed by atoms with van der Waals surface area (Å²) >= 11 is 0. The first-order chi connectivity index (χ1) is 9.81. The van der Waals surface area contributed by atoms with Crippen LogP contribution < -0.4 is 10.0 Å². The molecule has 1 aliphatic heterocycles. The summed E-state index contributed by atoms with van der Waals surface area (Å²) in [6.07, 6.45) is -3.55. The monoisotopic (exact) mass is 322 g/mol. The zero-order valence-corrected chi connectivity index (χ0v) is 12.1. The van der Waals surface area contributed by atoms with E-state index in [-0.39, 0.29) is 12.1 Å². The second-order valence-corrected chi connectivity index (χ2v) is 7.02. The highest BCUT2D eigenvalue weighted by Crippen LogP contribution is 2.31. The summed E-state index contributed by atoms with van der Waals surface area (Å²) in [4.78, 5) is 0. The Hall–Kier alpha value is -1.12. The fourth-order valence-electron chi connectivity index (χ4n) is 2.35. The van der Waals surface area contributed by atoms with Crippen molar-refractivity contribution in [2.24, 2.45) is 0 Å². The van der Waals surface area contributed by atoms with E-state index < -0.39 is 27.0 Å². The third kappa shape index (κ3) is 4.18. The van der Waals surface area contributed by atoms with Gasteiger partial charge in [0.25, 0.3) is 0 Å². The summed E-state index contributed by atoms with van der Waals surface area (Å²) in [6, 6.07) is 4.99. The van der Waals surface area contributed by atoms with E-state index in [0.717, 1.165) is 6.07 Å². The molecule has 118 valence electrons. The summed E-state index contributed by atoms with van der Waals surface area (Å²) in [5.74, 6) is 0. The molecule has 0 amide bonds. The molecule has 1 aromatic rings. The third-order valence-corrected chi connectivity index (χ3v) is 5.41. The summed E-state index contributed by atoms with van der Waals surface area (Å²) in [7, 11) is -3.60. The summed E-state index contributed by atoms with van der Waals surface area (Å²) in [6.45, 7) is 0.859. The standard InChI is InChI=1S/C13H17F3N2O2S/c14-13(15,16)12-4-2-1-3-10(12)9-18-21(19,20)11-5-7-17-8-6-11/h1-4,11,17-18H,5-9H2. The van der Waals surface area contributed by atoms with Gasteiger partial charge in [0.05, 0.1) is 10.8 Å². The van der Waals surface area contributed by atoms with E-state index in [1.54, 1.807) is 0 Å². The maximum Gasteiger partial charge on any atom is 0.416 e. The number of nitrogens with one attached hydrogen (secondary N) is 2. The second kappa shape index (κ2) is 6.33. The summed E-state index contributed by atoms with van der Waals surface area (Å²) in [5, 5.41) is 2.50. The zero-order valence-electron chi connectivity index (χ0n) is 11.3. The molecule has 0 saturated carbocycles. The van der Waals surface area contributed by atoms with Crippen molar-refractivity contribution in [3.63, 3.8) is 0 Å². The molecular formula is C13H17F3N2O2S. The molecule has 1 saturated heterocycles. The van der Waals surface area contributed by atoms with Crippen LogP contribution in [0, 0.1) is 0 Å². The number of hydrogen-bond donors (Lipinski definition) is 2. The lowest BCUT2D eigenvalue weighted by atomic mass is 10.1. The molecule has 0 aliphatic carbocycles. The van der Waals surface area contributed by atoms with Gasteiger partial charge in [0.15, 0.2) is 0 Å². The molecule has 0 aromatic heterocycles. The van der Waals surface area contributed by atoms with Crippen molar-refractivity contribution >= 4 is 10.0 Å². The lowest BCUT2D eigenvalue weighted by molar-refractivity contribution is -0.138. The molecule has 21 heavy (non-hydrogen) atoms. The minimum atomic E-state index is -4.49. The Kier molecular flexibility index (Phi) is 4.90. The molecule has 0 spiro atoms. The highest BCUT2D eigenvalue weighted by molar-refractivity contribution is 7.90. The van der Waals surface area contributed by atoms with Gasteiger partial charge in [-0.15, -0.1) is 0 Å². The number of hydrogen-bond acceptors (Lipinski definition) is 3. The van der Waals surface area contributed by atoms with Crippen LogP contribution in [0.2, 0.25) is 0 Å². The average molecular weight is 322 g/mol. The Labute approximate surface area is 121 Å². The van der Waals surface area contributed by atoms with Gasteiger partial charge in [-0.1, -0.05) is 18.2 Å². The van der Waals surface area contributed by atoms with Crippen LogP contribution in [-0.2, 0) is 22.7 Å². The maximum atomic E-state index is 12.8. The van der Waals surface area contributed by atoms with E-state index >= 15 is 0 Å². The van der Waals surface area contributed by atoms with E-state index in [2.05, 4.69) is 10.0 Å². The molecule has 1 aliphatic rings. The molecule has 1 heterocycles. The Bertz CT molecular complexity index is 581. The van der Waals surface area contributed by atoms with Gasteiger partial charge in [-0.3, -0.25) is 0 Å². The van der Waals surface area contributed by atoms with Crippen molar-refractivity contribution in [2.45, 2.75) is 30.8 Å². The number of sulfonamides is 1. The third-order valence-electron chi connectivity index (χ3n) is 3.51. The van der Waals surface area contributed by atoms with Crippen molar-refractivity contribution in [1.29, 1.82) is 0 Å². The van der Waals surface area contributed by atoms with Gasteiger partial charge in [0.1, 0.15) is 0 Å². The van der Waals surface area contributed by atoms with Gasteiger partial charge < -0.3 is 5.32 Å². The first-order valence-corrected chi connectivity index (χ1v) is 8.19. The molecule has 4 nitrogen and oxygen atoms in total. The Morgan fingerprint density at radius 1 is 1.19 bits per heavy atom. The van der Waals surface area contributed by atoms with Crippen molar-refractivity contribution in [3.8, 4) is 0 Å². The van der Waals surface area contributed by atoms with Gasteiger partial charge in [0, 0.05) is 6.54 Å². The summed E-state index contributed by atoms with van der Waals surface area (Å²) in [5.41, 5.74) is -0.875. The van der Waals surface area contributed by atoms with Crippen molar-refractivity contribution < 1.29 is 21.6 Å². The Morgan fingerprint density at radius 3 is 2.43 bits per heavy atom. The molecule has 0 radical (unpaired) electrons. The van der Waals surface area contributed by atoms with Crippen molar-refractivity contribution in [3.05, 3.63) is 35.4 Å². The van der Waals surface area contributed by atoms with E-state index in [9.17, 15) is 21.6 Å². The number of benzene rings is 1. The van der Waals surface area contributed by atoms with Crippen LogP contribution in [0.1, 0.15) is 24.0 Å². The van der Waals surface area contributed by atoms with Crippen molar-refractivity contribution in [1.82, 2.24) is 10.0 Å². The molecule has 2 N–H and O–H groups in total. The number of halogens is 3. The molecule has 1 aromatic carbocycles. The molecule has 0 bridgehead atoms. The van der Waals surface area contributed by atoms with Gasteiger partial charge in [-0.05, 0) is 37.6 Å². The lowest BCUT2D eigenvalue weighted by Gasteiger charge is -2.23. The van der Waals surface area contributed by atoms with E-state index in [4.69, 9.17) is 0 Å². The van der Waals surface area contributed by atoms with Gasteiger partial charge >= 0.3 is 6.18 Å². The quantitative estimate of drug-likeness (QED) is 0.890.